The lowest BCUT2D eigenvalue weighted by atomic mass is 10.2. The molecule has 0 fully saturated rings. The third kappa shape index (κ3) is 3.62. The summed E-state index contributed by atoms with van der Waals surface area (Å²) in [6.07, 6.45) is 7.29. The van der Waals surface area contributed by atoms with Crippen LogP contribution in [0, 0.1) is 5.92 Å². The number of rotatable bonds is 6. The summed E-state index contributed by atoms with van der Waals surface area (Å²) in [7, 11) is 0. The topological polar surface area (TPSA) is 77.4 Å². The van der Waals surface area contributed by atoms with Gasteiger partial charge in [-0.2, -0.15) is 5.10 Å². The van der Waals surface area contributed by atoms with Gasteiger partial charge in [-0.05, 0) is 41.8 Å². The second-order valence-corrected chi connectivity index (χ2v) is 6.87. The Labute approximate surface area is 156 Å². The van der Waals surface area contributed by atoms with E-state index in [1.165, 1.54) is 0 Å². The SMILES string of the molecule is CC(C)Cn1nccc1-c1ccc(C(=O)NCc2ccn3ccnc3c2)o1. The second-order valence-electron chi connectivity index (χ2n) is 6.87. The number of aromatic nitrogens is 4. The number of carbonyl (C=O) groups excluding carboxylic acids is 1. The molecule has 0 aliphatic heterocycles. The van der Waals surface area contributed by atoms with E-state index in [1.54, 1.807) is 24.5 Å². The average molecular weight is 363 g/mol. The molecule has 0 atom stereocenters. The van der Waals surface area contributed by atoms with Crippen LogP contribution in [0.1, 0.15) is 30.0 Å². The van der Waals surface area contributed by atoms with Crippen LogP contribution in [0.15, 0.2) is 59.5 Å². The van der Waals surface area contributed by atoms with Crippen LogP contribution in [0.25, 0.3) is 17.1 Å². The zero-order valence-corrected chi connectivity index (χ0v) is 15.3. The summed E-state index contributed by atoms with van der Waals surface area (Å²) in [6, 6.07) is 9.28. The number of hydrogen-bond donors (Lipinski definition) is 1. The number of pyridine rings is 1. The van der Waals surface area contributed by atoms with E-state index in [4.69, 9.17) is 4.42 Å². The Morgan fingerprint density at radius 1 is 1.19 bits per heavy atom. The van der Waals surface area contributed by atoms with Gasteiger partial charge in [-0.15, -0.1) is 0 Å². The molecule has 1 amide bonds. The Morgan fingerprint density at radius 2 is 2.07 bits per heavy atom. The molecule has 0 aliphatic carbocycles. The van der Waals surface area contributed by atoms with Crippen LogP contribution in [0.5, 0.6) is 0 Å². The number of nitrogens with zero attached hydrogens (tertiary/aromatic N) is 4. The van der Waals surface area contributed by atoms with Crippen molar-refractivity contribution in [3.8, 4) is 11.5 Å². The zero-order chi connectivity index (χ0) is 18.8. The van der Waals surface area contributed by atoms with Gasteiger partial charge in [0, 0.05) is 37.9 Å². The van der Waals surface area contributed by atoms with Gasteiger partial charge in [0.25, 0.3) is 5.91 Å². The summed E-state index contributed by atoms with van der Waals surface area (Å²) in [5.41, 5.74) is 2.69. The van der Waals surface area contributed by atoms with Crippen LogP contribution >= 0.6 is 0 Å². The minimum absolute atomic E-state index is 0.251. The van der Waals surface area contributed by atoms with Gasteiger partial charge in [0.1, 0.15) is 11.3 Å². The van der Waals surface area contributed by atoms with E-state index < -0.39 is 0 Å². The first-order chi connectivity index (χ1) is 13.1. The molecule has 4 aromatic rings. The molecule has 27 heavy (non-hydrogen) atoms. The number of nitrogens with one attached hydrogen (secondary N) is 1. The first-order valence-corrected chi connectivity index (χ1v) is 8.92. The van der Waals surface area contributed by atoms with E-state index in [2.05, 4.69) is 29.2 Å². The molecule has 0 radical (unpaired) electrons. The van der Waals surface area contributed by atoms with Crippen molar-refractivity contribution in [2.75, 3.05) is 0 Å². The molecule has 138 valence electrons. The minimum Gasteiger partial charge on any atom is -0.449 e. The average Bonchev–Trinajstić information content (AvgIpc) is 3.38. The lowest BCUT2D eigenvalue weighted by Crippen LogP contribution is -2.22. The van der Waals surface area contributed by atoms with Crippen molar-refractivity contribution < 1.29 is 9.21 Å². The fourth-order valence-corrected chi connectivity index (χ4v) is 2.96. The Hall–Kier alpha value is -3.35. The van der Waals surface area contributed by atoms with Crippen LogP contribution in [0.4, 0.5) is 0 Å². The van der Waals surface area contributed by atoms with Crippen molar-refractivity contribution in [1.82, 2.24) is 24.5 Å². The summed E-state index contributed by atoms with van der Waals surface area (Å²) >= 11 is 0. The number of furan rings is 1. The summed E-state index contributed by atoms with van der Waals surface area (Å²) in [6.45, 7) is 5.46. The molecule has 0 saturated carbocycles. The number of fused-ring (bicyclic) bond motifs is 1. The molecule has 4 rings (SSSR count). The van der Waals surface area contributed by atoms with Crippen LogP contribution < -0.4 is 5.32 Å². The number of hydrogen-bond acceptors (Lipinski definition) is 4. The summed E-state index contributed by atoms with van der Waals surface area (Å²) < 4.78 is 9.58. The van der Waals surface area contributed by atoms with Gasteiger partial charge >= 0.3 is 0 Å². The van der Waals surface area contributed by atoms with Crippen LogP contribution in [-0.4, -0.2) is 25.1 Å². The first kappa shape index (κ1) is 17.1. The number of amides is 1. The maximum atomic E-state index is 12.4. The van der Waals surface area contributed by atoms with Gasteiger partial charge in [0.15, 0.2) is 11.5 Å². The fourth-order valence-electron chi connectivity index (χ4n) is 2.96. The molecular formula is C20H21N5O2. The van der Waals surface area contributed by atoms with E-state index in [1.807, 2.05) is 39.7 Å². The van der Waals surface area contributed by atoms with Crippen molar-refractivity contribution in [2.45, 2.75) is 26.9 Å². The maximum Gasteiger partial charge on any atom is 0.287 e. The lowest BCUT2D eigenvalue weighted by molar-refractivity contribution is 0.0924. The van der Waals surface area contributed by atoms with Crippen LogP contribution in [-0.2, 0) is 13.1 Å². The van der Waals surface area contributed by atoms with Crippen molar-refractivity contribution in [1.29, 1.82) is 0 Å². The second kappa shape index (κ2) is 7.11. The van der Waals surface area contributed by atoms with Crippen LogP contribution in [0.3, 0.4) is 0 Å². The largest absolute Gasteiger partial charge is 0.449 e. The number of imidazole rings is 1. The molecule has 0 saturated heterocycles. The highest BCUT2D eigenvalue weighted by molar-refractivity contribution is 5.91. The Kier molecular flexibility index (Phi) is 4.50. The smallest absolute Gasteiger partial charge is 0.287 e. The van der Waals surface area contributed by atoms with Crippen molar-refractivity contribution in [2.24, 2.45) is 5.92 Å². The molecule has 1 N–H and O–H groups in total. The normalized spacial score (nSPS) is 11.4. The third-order valence-corrected chi connectivity index (χ3v) is 4.25. The Balaban J connectivity index is 1.45. The Morgan fingerprint density at radius 3 is 2.93 bits per heavy atom. The molecule has 4 heterocycles. The minimum atomic E-state index is -0.251. The van der Waals surface area contributed by atoms with E-state index in [9.17, 15) is 4.79 Å². The highest BCUT2D eigenvalue weighted by Crippen LogP contribution is 2.22. The molecule has 0 aliphatic rings. The third-order valence-electron chi connectivity index (χ3n) is 4.25. The summed E-state index contributed by atoms with van der Waals surface area (Å²) in [5, 5.41) is 7.22. The lowest BCUT2D eigenvalue weighted by Gasteiger charge is -2.08. The van der Waals surface area contributed by atoms with Gasteiger partial charge in [0.2, 0.25) is 0 Å². The summed E-state index contributed by atoms with van der Waals surface area (Å²) in [4.78, 5) is 16.7. The molecule has 0 bridgehead atoms. The highest BCUT2D eigenvalue weighted by atomic mass is 16.4. The molecule has 4 aromatic heterocycles. The van der Waals surface area contributed by atoms with E-state index in [0.29, 0.717) is 18.2 Å². The number of carbonyl (C=O) groups is 1. The van der Waals surface area contributed by atoms with Gasteiger partial charge in [-0.25, -0.2) is 4.98 Å². The highest BCUT2D eigenvalue weighted by Gasteiger charge is 2.15. The van der Waals surface area contributed by atoms with Crippen LogP contribution in [0.2, 0.25) is 0 Å². The van der Waals surface area contributed by atoms with E-state index in [-0.39, 0.29) is 11.7 Å². The standard InChI is InChI=1S/C20H21N5O2/c1-14(2)13-25-16(5-7-23-25)17-3-4-18(27-17)20(26)22-12-15-6-9-24-10-8-21-19(24)11-15/h3-11,14H,12-13H2,1-2H3,(H,22,26). The van der Waals surface area contributed by atoms with Gasteiger partial charge < -0.3 is 14.1 Å². The van der Waals surface area contributed by atoms with E-state index >= 15 is 0 Å². The maximum absolute atomic E-state index is 12.4. The predicted octanol–water partition coefficient (Wildman–Crippen LogP) is 3.38. The van der Waals surface area contributed by atoms with Gasteiger partial charge in [0.05, 0.1) is 0 Å². The van der Waals surface area contributed by atoms with Crippen molar-refractivity contribution in [3.63, 3.8) is 0 Å². The van der Waals surface area contributed by atoms with Crippen molar-refractivity contribution in [3.05, 3.63) is 66.4 Å². The molecular weight excluding hydrogens is 342 g/mol. The fraction of sp³-hybridized carbons (Fsp3) is 0.250. The Bertz CT molecular complexity index is 1070. The van der Waals surface area contributed by atoms with Gasteiger partial charge in [-0.3, -0.25) is 9.48 Å². The summed E-state index contributed by atoms with van der Waals surface area (Å²) in [5.74, 6) is 1.13. The predicted molar refractivity (Wildman–Crippen MR) is 101 cm³/mol. The van der Waals surface area contributed by atoms with Gasteiger partial charge in [-0.1, -0.05) is 13.8 Å². The molecule has 0 unspecified atom stereocenters. The monoisotopic (exact) mass is 363 g/mol. The van der Waals surface area contributed by atoms with E-state index in [0.717, 1.165) is 23.4 Å². The first-order valence-electron chi connectivity index (χ1n) is 8.92. The molecule has 0 aromatic carbocycles. The quantitative estimate of drug-likeness (QED) is 0.570. The molecule has 0 spiro atoms. The zero-order valence-electron chi connectivity index (χ0n) is 15.3. The molecule has 7 heteroatoms. The molecule has 7 nitrogen and oxygen atoms in total. The van der Waals surface area contributed by atoms with Crippen molar-refractivity contribution >= 4 is 11.6 Å².